The third-order valence-corrected chi connectivity index (χ3v) is 4.48. The Bertz CT molecular complexity index is 753. The number of benzene rings is 1. The molecule has 1 aliphatic heterocycles. The maximum Gasteiger partial charge on any atom is 0.257 e. The molecule has 0 atom stereocenters. The van der Waals surface area contributed by atoms with Crippen molar-refractivity contribution >= 4 is 17.4 Å². The van der Waals surface area contributed by atoms with Crippen LogP contribution in [-0.2, 0) is 0 Å². The number of nitrogens with zero attached hydrogens (tertiary/aromatic N) is 2. The van der Waals surface area contributed by atoms with Crippen molar-refractivity contribution in [2.24, 2.45) is 0 Å². The summed E-state index contributed by atoms with van der Waals surface area (Å²) in [5.41, 5.74) is 2.47. The fraction of sp³-hybridized carbons (Fsp3) is 0.368. The van der Waals surface area contributed by atoms with Gasteiger partial charge in [-0.3, -0.25) is 9.59 Å². The molecule has 1 saturated heterocycles. The maximum absolute atomic E-state index is 12.6. The molecule has 0 saturated carbocycles. The Morgan fingerprint density at radius 3 is 2.12 bits per heavy atom. The van der Waals surface area contributed by atoms with Crippen molar-refractivity contribution in [3.8, 4) is 0 Å². The number of amides is 1. The quantitative estimate of drug-likeness (QED) is 0.814. The van der Waals surface area contributed by atoms with Crippen LogP contribution in [0.2, 0.25) is 0 Å². The highest BCUT2D eigenvalue weighted by Gasteiger charge is 2.24. The molecular weight excluding hydrogens is 304 g/mol. The predicted molar refractivity (Wildman–Crippen MR) is 92.7 cm³/mol. The van der Waals surface area contributed by atoms with E-state index in [2.05, 4.69) is 4.90 Å². The minimum Gasteiger partial charge on any atom is -0.466 e. The zero-order chi connectivity index (χ0) is 17.3. The van der Waals surface area contributed by atoms with E-state index in [1.807, 2.05) is 49.1 Å². The third kappa shape index (κ3) is 3.20. The average molecular weight is 326 g/mol. The number of hydrogen-bond donors (Lipinski definition) is 0. The molecule has 0 unspecified atom stereocenters. The van der Waals surface area contributed by atoms with Crippen LogP contribution in [0.4, 0.5) is 5.69 Å². The first-order valence-electron chi connectivity index (χ1n) is 8.18. The third-order valence-electron chi connectivity index (χ3n) is 4.48. The van der Waals surface area contributed by atoms with E-state index in [1.54, 1.807) is 6.92 Å². The number of anilines is 1. The molecule has 1 aliphatic rings. The van der Waals surface area contributed by atoms with E-state index < -0.39 is 0 Å². The molecular formula is C19H22N2O3. The van der Waals surface area contributed by atoms with Gasteiger partial charge in [-0.05, 0) is 51.1 Å². The molecule has 5 nitrogen and oxygen atoms in total. The van der Waals surface area contributed by atoms with Crippen LogP contribution in [0.1, 0.15) is 39.2 Å². The van der Waals surface area contributed by atoms with Crippen LogP contribution in [0.25, 0.3) is 0 Å². The second kappa shape index (κ2) is 6.51. The Hall–Kier alpha value is -2.56. The molecule has 24 heavy (non-hydrogen) atoms. The number of carbonyl (C=O) groups excluding carboxylic acids is 2. The lowest BCUT2D eigenvalue weighted by atomic mass is 10.1. The largest absolute Gasteiger partial charge is 0.466 e. The minimum absolute atomic E-state index is 0.0379. The van der Waals surface area contributed by atoms with E-state index in [1.165, 1.54) is 0 Å². The second-order valence-electron chi connectivity index (χ2n) is 6.21. The Morgan fingerprint density at radius 2 is 1.62 bits per heavy atom. The summed E-state index contributed by atoms with van der Waals surface area (Å²) in [5, 5.41) is 0. The van der Waals surface area contributed by atoms with Gasteiger partial charge in [0.05, 0.1) is 5.56 Å². The average Bonchev–Trinajstić information content (AvgIpc) is 2.93. The van der Waals surface area contributed by atoms with Gasteiger partial charge in [0, 0.05) is 37.4 Å². The summed E-state index contributed by atoms with van der Waals surface area (Å²) in [6.45, 7) is 8.16. The van der Waals surface area contributed by atoms with E-state index in [0.717, 1.165) is 30.1 Å². The highest BCUT2D eigenvalue weighted by Crippen LogP contribution is 2.20. The number of aryl methyl sites for hydroxylation is 2. The standard InChI is InChI=1S/C19H22N2O3/c1-13-12-18(15(3)24-13)19(23)21-10-8-20(9-11-21)17-6-4-16(5-7-17)14(2)22/h4-7,12H,8-11H2,1-3H3. The van der Waals surface area contributed by atoms with Gasteiger partial charge in [0.15, 0.2) is 5.78 Å². The van der Waals surface area contributed by atoms with Crippen molar-refractivity contribution in [3.05, 3.63) is 53.0 Å². The van der Waals surface area contributed by atoms with Gasteiger partial charge in [0.2, 0.25) is 0 Å². The van der Waals surface area contributed by atoms with E-state index in [4.69, 9.17) is 4.42 Å². The number of rotatable bonds is 3. The fourth-order valence-electron chi connectivity index (χ4n) is 3.09. The molecule has 0 radical (unpaired) electrons. The number of ketones is 1. The highest BCUT2D eigenvalue weighted by molar-refractivity contribution is 5.95. The second-order valence-corrected chi connectivity index (χ2v) is 6.21. The van der Waals surface area contributed by atoms with Gasteiger partial charge < -0.3 is 14.2 Å². The van der Waals surface area contributed by atoms with Gasteiger partial charge in [-0.2, -0.15) is 0 Å². The van der Waals surface area contributed by atoms with Gasteiger partial charge in [-0.15, -0.1) is 0 Å². The normalized spacial score (nSPS) is 14.8. The topological polar surface area (TPSA) is 53.8 Å². The van der Waals surface area contributed by atoms with Crippen LogP contribution in [0, 0.1) is 13.8 Å². The van der Waals surface area contributed by atoms with Gasteiger partial charge in [0.1, 0.15) is 11.5 Å². The first kappa shape index (κ1) is 16.3. The van der Waals surface area contributed by atoms with Crippen molar-refractivity contribution in [1.82, 2.24) is 4.90 Å². The molecule has 3 rings (SSSR count). The molecule has 126 valence electrons. The summed E-state index contributed by atoms with van der Waals surface area (Å²) < 4.78 is 5.46. The first-order chi connectivity index (χ1) is 11.5. The van der Waals surface area contributed by atoms with Crippen LogP contribution in [0.3, 0.4) is 0 Å². The lowest BCUT2D eigenvalue weighted by Crippen LogP contribution is -2.48. The molecule has 1 aromatic heterocycles. The van der Waals surface area contributed by atoms with Gasteiger partial charge in [-0.25, -0.2) is 0 Å². The monoisotopic (exact) mass is 326 g/mol. The van der Waals surface area contributed by atoms with Crippen LogP contribution < -0.4 is 4.90 Å². The molecule has 2 aromatic rings. The number of carbonyl (C=O) groups is 2. The first-order valence-corrected chi connectivity index (χ1v) is 8.18. The van der Waals surface area contributed by atoms with E-state index in [0.29, 0.717) is 24.4 Å². The predicted octanol–water partition coefficient (Wildman–Crippen LogP) is 3.06. The van der Waals surface area contributed by atoms with Gasteiger partial charge in [0.25, 0.3) is 5.91 Å². The van der Waals surface area contributed by atoms with Crippen molar-refractivity contribution in [3.63, 3.8) is 0 Å². The number of piperazine rings is 1. The molecule has 5 heteroatoms. The Morgan fingerprint density at radius 1 is 1.00 bits per heavy atom. The molecule has 2 heterocycles. The van der Waals surface area contributed by atoms with Crippen molar-refractivity contribution in [2.45, 2.75) is 20.8 Å². The lowest BCUT2D eigenvalue weighted by molar-refractivity contribution is 0.0744. The number of Topliss-reactive ketones (excluding diaryl/α,β-unsaturated/α-hetero) is 1. The van der Waals surface area contributed by atoms with Crippen LogP contribution in [-0.4, -0.2) is 42.8 Å². The Kier molecular flexibility index (Phi) is 4.42. The summed E-state index contributed by atoms with van der Waals surface area (Å²) >= 11 is 0. The summed E-state index contributed by atoms with van der Waals surface area (Å²) in [6, 6.07) is 9.46. The molecule has 1 amide bonds. The minimum atomic E-state index is 0.0379. The van der Waals surface area contributed by atoms with E-state index in [-0.39, 0.29) is 11.7 Å². The summed E-state index contributed by atoms with van der Waals surface area (Å²) in [4.78, 5) is 28.1. The Balaban J connectivity index is 1.64. The smallest absolute Gasteiger partial charge is 0.257 e. The summed E-state index contributed by atoms with van der Waals surface area (Å²) in [6.07, 6.45) is 0. The molecule has 0 bridgehead atoms. The van der Waals surface area contributed by atoms with Crippen LogP contribution in [0.5, 0.6) is 0 Å². The molecule has 0 aliphatic carbocycles. The van der Waals surface area contributed by atoms with E-state index in [9.17, 15) is 9.59 Å². The van der Waals surface area contributed by atoms with Gasteiger partial charge >= 0.3 is 0 Å². The summed E-state index contributed by atoms with van der Waals surface area (Å²) in [7, 11) is 0. The Labute approximate surface area is 141 Å². The zero-order valence-corrected chi connectivity index (χ0v) is 14.3. The SMILES string of the molecule is CC(=O)c1ccc(N2CCN(C(=O)c3cc(C)oc3C)CC2)cc1. The lowest BCUT2D eigenvalue weighted by Gasteiger charge is -2.36. The van der Waals surface area contributed by atoms with E-state index >= 15 is 0 Å². The van der Waals surface area contributed by atoms with Crippen molar-refractivity contribution in [2.75, 3.05) is 31.1 Å². The van der Waals surface area contributed by atoms with Gasteiger partial charge in [-0.1, -0.05) is 0 Å². The number of hydrogen-bond acceptors (Lipinski definition) is 4. The molecule has 1 fully saturated rings. The molecule has 0 N–H and O–H groups in total. The maximum atomic E-state index is 12.6. The molecule has 1 aromatic carbocycles. The highest BCUT2D eigenvalue weighted by atomic mass is 16.3. The van der Waals surface area contributed by atoms with Crippen LogP contribution >= 0.6 is 0 Å². The number of furan rings is 1. The fourth-order valence-corrected chi connectivity index (χ4v) is 3.09. The zero-order valence-electron chi connectivity index (χ0n) is 14.3. The van der Waals surface area contributed by atoms with Crippen LogP contribution in [0.15, 0.2) is 34.7 Å². The molecule has 0 spiro atoms. The van der Waals surface area contributed by atoms with Crippen molar-refractivity contribution < 1.29 is 14.0 Å². The summed E-state index contributed by atoms with van der Waals surface area (Å²) in [5.74, 6) is 1.55. The van der Waals surface area contributed by atoms with Crippen molar-refractivity contribution in [1.29, 1.82) is 0 Å².